The van der Waals surface area contributed by atoms with Crippen molar-refractivity contribution in [2.45, 2.75) is 25.8 Å². The van der Waals surface area contributed by atoms with Gasteiger partial charge in [-0.1, -0.05) is 18.2 Å². The van der Waals surface area contributed by atoms with Gasteiger partial charge in [-0.2, -0.15) is 0 Å². The quantitative estimate of drug-likeness (QED) is 0.384. The van der Waals surface area contributed by atoms with E-state index in [2.05, 4.69) is 15.6 Å². The number of nitrogens with one attached hydrogen (secondary N) is 2. The molecule has 29 heavy (non-hydrogen) atoms. The monoisotopic (exact) mass is 397 g/mol. The van der Waals surface area contributed by atoms with Crippen LogP contribution in [0.3, 0.4) is 0 Å². The van der Waals surface area contributed by atoms with Crippen molar-refractivity contribution >= 4 is 11.9 Å². The highest BCUT2D eigenvalue weighted by atomic mass is 16.2. The van der Waals surface area contributed by atoms with Gasteiger partial charge in [-0.05, 0) is 43.0 Å². The van der Waals surface area contributed by atoms with Gasteiger partial charge in [-0.3, -0.25) is 14.6 Å². The third-order valence-electron chi connectivity index (χ3n) is 4.53. The molecule has 0 aliphatic carbocycles. The van der Waals surface area contributed by atoms with Crippen LogP contribution in [0.1, 0.15) is 28.8 Å². The van der Waals surface area contributed by atoms with Gasteiger partial charge in [-0.25, -0.2) is 0 Å². The van der Waals surface area contributed by atoms with Crippen LogP contribution in [-0.4, -0.2) is 55.6 Å². The maximum Gasteiger partial charge on any atom is 0.253 e. The van der Waals surface area contributed by atoms with Crippen molar-refractivity contribution in [2.24, 2.45) is 4.99 Å². The summed E-state index contributed by atoms with van der Waals surface area (Å²) in [6.07, 6.45) is 4.47. The van der Waals surface area contributed by atoms with Gasteiger partial charge in [0, 0.05) is 58.6 Å². The number of aryl methyl sites for hydroxylation is 1. The fourth-order valence-corrected chi connectivity index (χ4v) is 2.92. The van der Waals surface area contributed by atoms with Gasteiger partial charge in [0.25, 0.3) is 5.91 Å². The van der Waals surface area contributed by atoms with Crippen LogP contribution in [0.25, 0.3) is 0 Å². The number of amides is 1. The minimum absolute atomic E-state index is 0.00931. The molecule has 0 atom stereocenters. The molecule has 0 aliphatic heterocycles. The highest BCUT2D eigenvalue weighted by Crippen LogP contribution is 2.07. The first kappa shape index (κ1) is 22.2. The summed E-state index contributed by atoms with van der Waals surface area (Å²) in [5.41, 5.74) is 1.84. The number of aromatic nitrogens is 1. The van der Waals surface area contributed by atoms with E-state index in [1.54, 1.807) is 42.7 Å². The van der Waals surface area contributed by atoms with Crippen LogP contribution < -0.4 is 16.2 Å². The van der Waals surface area contributed by atoms with Crippen molar-refractivity contribution in [3.05, 3.63) is 70.1 Å². The molecule has 0 aliphatic rings. The Balaban J connectivity index is 1.69. The molecule has 1 aromatic heterocycles. The van der Waals surface area contributed by atoms with Crippen LogP contribution in [0, 0.1) is 0 Å². The lowest BCUT2D eigenvalue weighted by Gasteiger charge is -2.13. The van der Waals surface area contributed by atoms with Crippen molar-refractivity contribution in [1.29, 1.82) is 0 Å². The summed E-state index contributed by atoms with van der Waals surface area (Å²) >= 11 is 0. The van der Waals surface area contributed by atoms with Gasteiger partial charge in [0.1, 0.15) is 0 Å². The molecule has 2 N–H and O–H groups in total. The highest BCUT2D eigenvalue weighted by molar-refractivity contribution is 5.94. The third kappa shape index (κ3) is 7.44. The largest absolute Gasteiger partial charge is 0.356 e. The third-order valence-corrected chi connectivity index (χ3v) is 4.53. The first-order valence-corrected chi connectivity index (χ1v) is 9.92. The van der Waals surface area contributed by atoms with Gasteiger partial charge in [0.05, 0.1) is 0 Å². The average molecular weight is 398 g/mol. The number of unbranched alkanes of at least 4 members (excludes halogenated alkanes) is 1. The van der Waals surface area contributed by atoms with Gasteiger partial charge in [0.15, 0.2) is 5.96 Å². The number of hydrogen-bond donors (Lipinski definition) is 2. The molecule has 0 bridgehead atoms. The summed E-state index contributed by atoms with van der Waals surface area (Å²) in [6.45, 7) is 2.22. The lowest BCUT2D eigenvalue weighted by Crippen LogP contribution is -2.38. The lowest BCUT2D eigenvalue weighted by atomic mass is 10.1. The van der Waals surface area contributed by atoms with E-state index >= 15 is 0 Å². The molecule has 0 saturated heterocycles. The molecular weight excluding hydrogens is 366 g/mol. The Morgan fingerprint density at radius 2 is 1.86 bits per heavy atom. The smallest absolute Gasteiger partial charge is 0.253 e. The Bertz CT molecular complexity index is 873. The number of carbonyl (C=O) groups excluding carboxylic acids is 1. The van der Waals surface area contributed by atoms with Gasteiger partial charge >= 0.3 is 0 Å². The molecule has 7 nitrogen and oxygen atoms in total. The minimum Gasteiger partial charge on any atom is -0.356 e. The number of aliphatic imine (C=N–C) groups is 1. The van der Waals surface area contributed by atoms with Crippen LogP contribution in [0.15, 0.2) is 58.4 Å². The zero-order chi connectivity index (χ0) is 21.1. The second kappa shape index (κ2) is 11.7. The first-order valence-electron chi connectivity index (χ1n) is 9.92. The van der Waals surface area contributed by atoms with E-state index < -0.39 is 0 Å². The maximum absolute atomic E-state index is 12.1. The zero-order valence-corrected chi connectivity index (χ0v) is 17.5. The Hall–Kier alpha value is -3.09. The second-order valence-electron chi connectivity index (χ2n) is 7.02. The summed E-state index contributed by atoms with van der Waals surface area (Å²) in [6, 6.07) is 12.9. The molecule has 0 radical (unpaired) electrons. The van der Waals surface area contributed by atoms with Gasteiger partial charge < -0.3 is 20.1 Å². The summed E-state index contributed by atoms with van der Waals surface area (Å²) in [7, 11) is 5.25. The van der Waals surface area contributed by atoms with E-state index in [0.717, 1.165) is 50.4 Å². The fourth-order valence-electron chi connectivity index (χ4n) is 2.92. The minimum atomic E-state index is 0.00931. The molecule has 0 unspecified atom stereocenters. The summed E-state index contributed by atoms with van der Waals surface area (Å²) in [5, 5.41) is 6.59. The SMILES string of the molecule is CN=C(NCCCCn1ccccc1=O)NCCc1cccc(C(=O)N(C)C)c1. The number of benzene rings is 1. The Labute approximate surface area is 172 Å². The Morgan fingerprint density at radius 1 is 1.07 bits per heavy atom. The molecule has 1 amide bonds. The fraction of sp³-hybridized carbons (Fsp3) is 0.409. The van der Waals surface area contributed by atoms with Crippen LogP contribution >= 0.6 is 0 Å². The average Bonchev–Trinajstić information content (AvgIpc) is 2.73. The van der Waals surface area contributed by atoms with Crippen LogP contribution in [0.5, 0.6) is 0 Å². The molecule has 2 aromatic rings. The molecule has 0 saturated carbocycles. The Kier molecular flexibility index (Phi) is 8.95. The van der Waals surface area contributed by atoms with E-state index in [-0.39, 0.29) is 11.5 Å². The van der Waals surface area contributed by atoms with E-state index in [1.165, 1.54) is 0 Å². The molecule has 156 valence electrons. The number of pyridine rings is 1. The number of rotatable bonds is 9. The van der Waals surface area contributed by atoms with Gasteiger partial charge in [0.2, 0.25) is 5.56 Å². The van der Waals surface area contributed by atoms with Crippen molar-refractivity contribution in [2.75, 3.05) is 34.2 Å². The number of carbonyl (C=O) groups is 1. The number of guanidine groups is 1. The van der Waals surface area contributed by atoms with Crippen LogP contribution in [-0.2, 0) is 13.0 Å². The van der Waals surface area contributed by atoms with Crippen molar-refractivity contribution in [3.8, 4) is 0 Å². The summed E-state index contributed by atoms with van der Waals surface area (Å²) in [5.74, 6) is 0.762. The van der Waals surface area contributed by atoms with E-state index in [0.29, 0.717) is 5.56 Å². The van der Waals surface area contributed by atoms with Crippen LogP contribution in [0.4, 0.5) is 0 Å². The molecular formula is C22H31N5O2. The summed E-state index contributed by atoms with van der Waals surface area (Å²) in [4.78, 5) is 29.5. The predicted molar refractivity (Wildman–Crippen MR) is 117 cm³/mol. The Morgan fingerprint density at radius 3 is 2.59 bits per heavy atom. The van der Waals surface area contributed by atoms with E-state index in [9.17, 15) is 9.59 Å². The first-order chi connectivity index (χ1) is 14.0. The lowest BCUT2D eigenvalue weighted by molar-refractivity contribution is 0.0827. The summed E-state index contributed by atoms with van der Waals surface area (Å²) < 4.78 is 1.72. The normalized spacial score (nSPS) is 11.2. The molecule has 0 spiro atoms. The van der Waals surface area contributed by atoms with E-state index in [4.69, 9.17) is 0 Å². The second-order valence-corrected chi connectivity index (χ2v) is 7.02. The standard InChI is InChI=1S/C22H31N5O2/c1-23-22(24-13-5-7-16-27-15-6-4-11-20(27)28)25-14-12-18-9-8-10-19(17-18)21(29)26(2)3/h4,6,8-11,15,17H,5,7,12-14,16H2,1-3H3,(H2,23,24,25). The van der Waals surface area contributed by atoms with E-state index in [1.807, 2.05) is 36.5 Å². The maximum atomic E-state index is 12.1. The molecule has 1 heterocycles. The van der Waals surface area contributed by atoms with Crippen molar-refractivity contribution < 1.29 is 4.79 Å². The zero-order valence-electron chi connectivity index (χ0n) is 17.5. The number of hydrogen-bond acceptors (Lipinski definition) is 3. The van der Waals surface area contributed by atoms with Crippen molar-refractivity contribution in [3.63, 3.8) is 0 Å². The molecule has 1 aromatic carbocycles. The molecule has 0 fully saturated rings. The predicted octanol–water partition coefficient (Wildman–Crippen LogP) is 1.74. The van der Waals surface area contributed by atoms with Crippen molar-refractivity contribution in [1.82, 2.24) is 20.1 Å². The number of nitrogens with zero attached hydrogens (tertiary/aromatic N) is 3. The topological polar surface area (TPSA) is 78.7 Å². The molecule has 2 rings (SSSR count). The van der Waals surface area contributed by atoms with Crippen LogP contribution in [0.2, 0.25) is 0 Å². The highest BCUT2D eigenvalue weighted by Gasteiger charge is 2.08. The molecule has 7 heteroatoms. The van der Waals surface area contributed by atoms with Gasteiger partial charge in [-0.15, -0.1) is 0 Å².